The van der Waals surface area contributed by atoms with Crippen LogP contribution in [0.25, 0.3) is 0 Å². The first-order valence-corrected chi connectivity index (χ1v) is 9.26. The van der Waals surface area contributed by atoms with Gasteiger partial charge in [0.1, 0.15) is 0 Å². The van der Waals surface area contributed by atoms with Crippen molar-refractivity contribution in [3.63, 3.8) is 0 Å². The van der Waals surface area contributed by atoms with Gasteiger partial charge in [-0.3, -0.25) is 14.7 Å². The summed E-state index contributed by atoms with van der Waals surface area (Å²) in [5.41, 5.74) is 9.21. The van der Waals surface area contributed by atoms with Gasteiger partial charge < -0.3 is 10.5 Å². The first-order chi connectivity index (χ1) is 12.5. The summed E-state index contributed by atoms with van der Waals surface area (Å²) in [5, 5.41) is 0.657. The van der Waals surface area contributed by atoms with E-state index in [1.807, 2.05) is 31.3 Å². The van der Waals surface area contributed by atoms with Gasteiger partial charge in [0, 0.05) is 36.5 Å². The van der Waals surface area contributed by atoms with Crippen LogP contribution in [-0.4, -0.2) is 28.9 Å². The number of nitrogens with two attached hydrogens (primary N) is 1. The van der Waals surface area contributed by atoms with Crippen LogP contribution in [-0.2, 0) is 21.7 Å². The number of aryl methyl sites for hydroxylation is 1. The van der Waals surface area contributed by atoms with Crippen LogP contribution in [0, 0.1) is 6.92 Å². The van der Waals surface area contributed by atoms with Crippen molar-refractivity contribution in [3.05, 3.63) is 63.9 Å². The number of amides is 1. The number of carbonyl (C=O) groups excluding carboxylic acids is 1. The minimum atomic E-state index is -0.685. The molecule has 1 amide bonds. The molecule has 0 saturated carbocycles. The number of rotatable bonds is 3. The number of carbonyl (C=O) groups is 1. The lowest BCUT2D eigenvalue weighted by atomic mass is 9.83. The summed E-state index contributed by atoms with van der Waals surface area (Å²) in [5.74, 6) is -0.446. The highest BCUT2D eigenvalue weighted by molar-refractivity contribution is 6.30. The standard InChI is InChI=1S/C20H22ClN3O2/c1-13-2-3-14(11-23-13)12-24-8-6-20(7-9-24)17-10-15(21)4-5-16(17)18(26-20)19(22)25/h2-5,10-11,18H,6-9,12H2,1H3,(H2,22,25). The van der Waals surface area contributed by atoms with Crippen molar-refractivity contribution in [1.29, 1.82) is 0 Å². The Morgan fingerprint density at radius 2 is 2.12 bits per heavy atom. The van der Waals surface area contributed by atoms with E-state index in [2.05, 4.69) is 16.0 Å². The molecule has 2 aliphatic heterocycles. The molecule has 1 saturated heterocycles. The first kappa shape index (κ1) is 17.5. The fourth-order valence-electron chi connectivity index (χ4n) is 4.03. The lowest BCUT2D eigenvalue weighted by Crippen LogP contribution is -2.42. The number of hydrogen-bond acceptors (Lipinski definition) is 4. The minimum Gasteiger partial charge on any atom is -0.367 e. The highest BCUT2D eigenvalue weighted by Crippen LogP contribution is 2.50. The monoisotopic (exact) mass is 371 g/mol. The van der Waals surface area contributed by atoms with Crippen molar-refractivity contribution < 1.29 is 9.53 Å². The zero-order valence-electron chi connectivity index (χ0n) is 14.7. The van der Waals surface area contributed by atoms with E-state index in [9.17, 15) is 4.79 Å². The summed E-state index contributed by atoms with van der Waals surface area (Å²) in [6.45, 7) is 4.62. The van der Waals surface area contributed by atoms with Gasteiger partial charge in [0.2, 0.25) is 0 Å². The topological polar surface area (TPSA) is 68.5 Å². The molecular weight excluding hydrogens is 350 g/mol. The number of ether oxygens (including phenoxy) is 1. The van der Waals surface area contributed by atoms with E-state index in [0.717, 1.165) is 49.3 Å². The Kier molecular flexibility index (Phi) is 4.47. The number of likely N-dealkylation sites (tertiary alicyclic amines) is 1. The normalized spacial score (nSPS) is 21.7. The van der Waals surface area contributed by atoms with Crippen LogP contribution in [0.2, 0.25) is 5.02 Å². The number of aromatic nitrogens is 1. The minimum absolute atomic E-state index is 0.446. The van der Waals surface area contributed by atoms with Crippen molar-refractivity contribution in [2.75, 3.05) is 13.1 Å². The van der Waals surface area contributed by atoms with Gasteiger partial charge in [0.25, 0.3) is 5.91 Å². The van der Waals surface area contributed by atoms with Crippen molar-refractivity contribution in [2.24, 2.45) is 5.73 Å². The quantitative estimate of drug-likeness (QED) is 0.900. The Morgan fingerprint density at radius 1 is 1.35 bits per heavy atom. The van der Waals surface area contributed by atoms with Gasteiger partial charge in [-0.1, -0.05) is 23.7 Å². The molecule has 4 rings (SSSR count). The SMILES string of the molecule is Cc1ccc(CN2CCC3(CC2)OC(C(N)=O)c2ccc(Cl)cc23)cn1. The molecule has 1 aromatic heterocycles. The molecular formula is C20H22ClN3O2. The summed E-state index contributed by atoms with van der Waals surface area (Å²) in [4.78, 5) is 18.6. The molecule has 1 unspecified atom stereocenters. The molecule has 26 heavy (non-hydrogen) atoms. The number of hydrogen-bond donors (Lipinski definition) is 1. The second-order valence-corrected chi connectivity index (χ2v) is 7.65. The number of fused-ring (bicyclic) bond motifs is 2. The Labute approximate surface area is 158 Å². The largest absolute Gasteiger partial charge is 0.367 e. The number of nitrogens with zero attached hydrogens (tertiary/aromatic N) is 2. The molecule has 2 aromatic rings. The fourth-order valence-corrected chi connectivity index (χ4v) is 4.20. The summed E-state index contributed by atoms with van der Waals surface area (Å²) < 4.78 is 6.22. The summed E-state index contributed by atoms with van der Waals surface area (Å²) >= 11 is 6.21. The third kappa shape index (κ3) is 3.11. The maximum absolute atomic E-state index is 11.9. The van der Waals surface area contributed by atoms with Gasteiger partial charge in [0.15, 0.2) is 6.10 Å². The van der Waals surface area contributed by atoms with Crippen molar-refractivity contribution >= 4 is 17.5 Å². The molecule has 3 heterocycles. The van der Waals surface area contributed by atoms with Crippen molar-refractivity contribution in [1.82, 2.24) is 9.88 Å². The van der Waals surface area contributed by atoms with E-state index in [1.54, 1.807) is 6.07 Å². The van der Waals surface area contributed by atoms with Gasteiger partial charge in [-0.2, -0.15) is 0 Å². The molecule has 0 radical (unpaired) electrons. The maximum atomic E-state index is 11.9. The van der Waals surface area contributed by atoms with Gasteiger partial charge in [0.05, 0.1) is 5.60 Å². The molecule has 1 fully saturated rings. The van der Waals surface area contributed by atoms with E-state index in [0.29, 0.717) is 5.02 Å². The van der Waals surface area contributed by atoms with Crippen LogP contribution in [0.15, 0.2) is 36.5 Å². The zero-order valence-corrected chi connectivity index (χ0v) is 15.5. The highest BCUT2D eigenvalue weighted by Gasteiger charge is 2.48. The molecule has 0 bridgehead atoms. The smallest absolute Gasteiger partial charge is 0.251 e. The van der Waals surface area contributed by atoms with Crippen molar-refractivity contribution in [3.8, 4) is 0 Å². The molecule has 2 aliphatic rings. The van der Waals surface area contributed by atoms with E-state index in [1.165, 1.54) is 5.56 Å². The van der Waals surface area contributed by atoms with Gasteiger partial charge in [-0.25, -0.2) is 0 Å². The molecule has 6 heteroatoms. The predicted octanol–water partition coefficient (Wildman–Crippen LogP) is 3.09. The van der Waals surface area contributed by atoms with Crippen LogP contribution >= 0.6 is 11.6 Å². The van der Waals surface area contributed by atoms with Crippen LogP contribution < -0.4 is 5.73 Å². The van der Waals surface area contributed by atoms with Gasteiger partial charge in [-0.05, 0) is 54.7 Å². The first-order valence-electron chi connectivity index (χ1n) is 8.88. The number of piperidine rings is 1. The van der Waals surface area contributed by atoms with Gasteiger partial charge >= 0.3 is 0 Å². The molecule has 136 valence electrons. The Balaban J connectivity index is 1.52. The number of primary amides is 1. The lowest BCUT2D eigenvalue weighted by Gasteiger charge is -2.39. The molecule has 1 aromatic carbocycles. The van der Waals surface area contributed by atoms with Crippen LogP contribution in [0.1, 0.15) is 41.3 Å². The average molecular weight is 372 g/mol. The fraction of sp³-hybridized carbons (Fsp3) is 0.400. The van der Waals surface area contributed by atoms with E-state index in [-0.39, 0.29) is 0 Å². The number of benzene rings is 1. The summed E-state index contributed by atoms with van der Waals surface area (Å²) in [7, 11) is 0. The summed E-state index contributed by atoms with van der Waals surface area (Å²) in [6.07, 6.45) is 2.87. The van der Waals surface area contributed by atoms with Crippen molar-refractivity contribution in [2.45, 2.75) is 38.0 Å². The number of halogens is 1. The molecule has 1 atom stereocenters. The molecule has 0 aliphatic carbocycles. The third-order valence-electron chi connectivity index (χ3n) is 5.43. The van der Waals surface area contributed by atoms with Crippen LogP contribution in [0.4, 0.5) is 0 Å². The maximum Gasteiger partial charge on any atom is 0.251 e. The summed E-state index contributed by atoms with van der Waals surface area (Å²) in [6, 6.07) is 9.75. The van der Waals surface area contributed by atoms with E-state index < -0.39 is 17.6 Å². The van der Waals surface area contributed by atoms with E-state index in [4.69, 9.17) is 22.1 Å². The van der Waals surface area contributed by atoms with Crippen LogP contribution in [0.3, 0.4) is 0 Å². The Morgan fingerprint density at radius 3 is 2.77 bits per heavy atom. The zero-order chi connectivity index (χ0) is 18.3. The van der Waals surface area contributed by atoms with Gasteiger partial charge in [-0.15, -0.1) is 0 Å². The second kappa shape index (κ2) is 6.65. The second-order valence-electron chi connectivity index (χ2n) is 7.21. The van der Waals surface area contributed by atoms with E-state index >= 15 is 0 Å². The lowest BCUT2D eigenvalue weighted by molar-refractivity contribution is -0.148. The number of pyridine rings is 1. The molecule has 2 N–H and O–H groups in total. The highest BCUT2D eigenvalue weighted by atomic mass is 35.5. The molecule has 1 spiro atoms. The third-order valence-corrected chi connectivity index (χ3v) is 5.67. The average Bonchev–Trinajstić information content (AvgIpc) is 2.93. The molecule has 5 nitrogen and oxygen atoms in total. The van der Waals surface area contributed by atoms with Crippen LogP contribution in [0.5, 0.6) is 0 Å². The Bertz CT molecular complexity index is 829. The Hall–Kier alpha value is -1.95. The predicted molar refractivity (Wildman–Crippen MR) is 99.6 cm³/mol.